The highest BCUT2D eigenvalue weighted by molar-refractivity contribution is 5.95. The fourth-order valence-corrected chi connectivity index (χ4v) is 4.45. The highest BCUT2D eigenvalue weighted by Gasteiger charge is 2.28. The van der Waals surface area contributed by atoms with Gasteiger partial charge in [-0.3, -0.25) is 19.6 Å². The first-order chi connectivity index (χ1) is 15.1. The Balaban J connectivity index is 1.55. The van der Waals surface area contributed by atoms with Gasteiger partial charge < -0.3 is 19.9 Å². The number of aromatic nitrogens is 1. The van der Waals surface area contributed by atoms with E-state index in [2.05, 4.69) is 16.3 Å². The third kappa shape index (κ3) is 4.58. The molecule has 0 spiro atoms. The summed E-state index contributed by atoms with van der Waals surface area (Å²) in [6, 6.07) is 3.57. The molecule has 2 N–H and O–H groups in total. The van der Waals surface area contributed by atoms with Gasteiger partial charge in [-0.1, -0.05) is 0 Å². The molecule has 0 aliphatic carbocycles. The molecule has 31 heavy (non-hydrogen) atoms. The maximum absolute atomic E-state index is 12.9. The second-order valence-electron chi connectivity index (χ2n) is 8.18. The van der Waals surface area contributed by atoms with Crippen molar-refractivity contribution in [1.29, 1.82) is 5.41 Å². The summed E-state index contributed by atoms with van der Waals surface area (Å²) < 4.78 is 6.48. The SMILES string of the molecule is CCOCC(=O)n1ccc(N2CCCC3=C2NCC(C(=O)N2CCCCC2)=C3)cc1=N. The zero-order valence-electron chi connectivity index (χ0n) is 18.2. The molecule has 0 aromatic carbocycles. The van der Waals surface area contributed by atoms with Crippen molar-refractivity contribution in [3.63, 3.8) is 0 Å². The molecule has 0 atom stereocenters. The summed E-state index contributed by atoms with van der Waals surface area (Å²) in [4.78, 5) is 29.2. The molecule has 3 aliphatic rings. The number of allylic oxidation sites excluding steroid dienone is 2. The van der Waals surface area contributed by atoms with Crippen molar-refractivity contribution >= 4 is 17.5 Å². The van der Waals surface area contributed by atoms with Crippen molar-refractivity contribution in [3.8, 4) is 0 Å². The van der Waals surface area contributed by atoms with Gasteiger partial charge in [-0.25, -0.2) is 0 Å². The molecule has 0 unspecified atom stereocenters. The highest BCUT2D eigenvalue weighted by Crippen LogP contribution is 2.30. The van der Waals surface area contributed by atoms with Gasteiger partial charge >= 0.3 is 0 Å². The van der Waals surface area contributed by atoms with Gasteiger partial charge in [-0.2, -0.15) is 0 Å². The number of dihydropyridines is 1. The molecule has 4 rings (SSSR count). The first kappa shape index (κ1) is 21.4. The van der Waals surface area contributed by atoms with Gasteiger partial charge in [-0.15, -0.1) is 0 Å². The third-order valence-electron chi connectivity index (χ3n) is 6.06. The zero-order valence-corrected chi connectivity index (χ0v) is 18.2. The number of anilines is 1. The molecule has 0 radical (unpaired) electrons. The Kier molecular flexibility index (Phi) is 6.56. The lowest BCUT2D eigenvalue weighted by molar-refractivity contribution is -0.128. The van der Waals surface area contributed by atoms with E-state index in [-0.39, 0.29) is 23.9 Å². The smallest absolute Gasteiger partial charge is 0.258 e. The van der Waals surface area contributed by atoms with Crippen molar-refractivity contribution < 1.29 is 14.3 Å². The molecule has 3 aliphatic heterocycles. The fraction of sp³-hybridized carbons (Fsp3) is 0.522. The Hall–Kier alpha value is -2.87. The van der Waals surface area contributed by atoms with Gasteiger partial charge in [0.25, 0.3) is 11.8 Å². The summed E-state index contributed by atoms with van der Waals surface area (Å²) in [6.45, 7) is 5.30. The van der Waals surface area contributed by atoms with Crippen LogP contribution in [0.5, 0.6) is 0 Å². The molecule has 1 aromatic heterocycles. The molecule has 8 heteroatoms. The van der Waals surface area contributed by atoms with Crippen LogP contribution in [0.25, 0.3) is 0 Å². The van der Waals surface area contributed by atoms with E-state index in [0.717, 1.165) is 68.0 Å². The lowest BCUT2D eigenvalue weighted by Gasteiger charge is -2.37. The van der Waals surface area contributed by atoms with Crippen LogP contribution in [0.1, 0.15) is 43.8 Å². The quantitative estimate of drug-likeness (QED) is 0.753. The summed E-state index contributed by atoms with van der Waals surface area (Å²) in [7, 11) is 0. The summed E-state index contributed by atoms with van der Waals surface area (Å²) in [6.07, 6.45) is 8.97. The predicted octanol–water partition coefficient (Wildman–Crippen LogP) is 2.00. The van der Waals surface area contributed by atoms with Crippen LogP contribution in [0, 0.1) is 5.41 Å². The number of carbonyl (C=O) groups excluding carboxylic acids is 2. The summed E-state index contributed by atoms with van der Waals surface area (Å²) in [5.41, 5.74) is 2.95. The maximum Gasteiger partial charge on any atom is 0.258 e. The molecule has 1 fully saturated rings. The average molecular weight is 426 g/mol. The lowest BCUT2D eigenvalue weighted by Crippen LogP contribution is -2.43. The van der Waals surface area contributed by atoms with Crippen LogP contribution in [0.3, 0.4) is 0 Å². The number of hydrogen-bond acceptors (Lipinski definition) is 6. The Morgan fingerprint density at radius 1 is 1.16 bits per heavy atom. The van der Waals surface area contributed by atoms with Gasteiger partial charge in [0, 0.05) is 56.3 Å². The number of amides is 1. The van der Waals surface area contributed by atoms with Crippen molar-refractivity contribution in [3.05, 3.63) is 46.9 Å². The molecule has 1 saturated heterocycles. The fourth-order valence-electron chi connectivity index (χ4n) is 4.45. The molecular formula is C23H31N5O3. The minimum atomic E-state index is -0.253. The first-order valence-corrected chi connectivity index (χ1v) is 11.2. The molecule has 4 heterocycles. The summed E-state index contributed by atoms with van der Waals surface area (Å²) in [5.74, 6) is 0.897. The average Bonchev–Trinajstić information content (AvgIpc) is 2.81. The second kappa shape index (κ2) is 9.51. The standard InChI is InChI=1S/C23H31N5O3/c1-2-31-16-21(29)28-12-8-19(14-20(28)24)27-11-6-7-17-13-18(15-25-22(17)27)23(30)26-9-4-3-5-10-26/h8,12-14,24-25H,2-7,9-11,15-16H2,1H3. The Labute approximate surface area is 182 Å². The van der Waals surface area contributed by atoms with Crippen LogP contribution in [0.2, 0.25) is 0 Å². The third-order valence-corrected chi connectivity index (χ3v) is 6.06. The minimum absolute atomic E-state index is 0.0361. The molecule has 8 nitrogen and oxygen atoms in total. The monoisotopic (exact) mass is 425 g/mol. The summed E-state index contributed by atoms with van der Waals surface area (Å²) >= 11 is 0. The van der Waals surface area contributed by atoms with E-state index < -0.39 is 0 Å². The van der Waals surface area contributed by atoms with Crippen LogP contribution in [-0.2, 0) is 9.53 Å². The molecule has 0 bridgehead atoms. The topological polar surface area (TPSA) is 90.7 Å². The normalized spacial score (nSPS) is 18.9. The molecule has 0 saturated carbocycles. The number of pyridine rings is 1. The molecule has 1 aromatic rings. The van der Waals surface area contributed by atoms with Gasteiger partial charge in [0.2, 0.25) is 0 Å². The van der Waals surface area contributed by atoms with Crippen LogP contribution < -0.4 is 15.7 Å². The van der Waals surface area contributed by atoms with E-state index in [1.807, 2.05) is 17.9 Å². The van der Waals surface area contributed by atoms with Crippen LogP contribution in [0.15, 0.2) is 41.4 Å². The maximum atomic E-state index is 12.9. The van der Waals surface area contributed by atoms with E-state index in [1.54, 1.807) is 12.3 Å². The second-order valence-corrected chi connectivity index (χ2v) is 8.18. The van der Waals surface area contributed by atoms with Crippen LogP contribution >= 0.6 is 0 Å². The number of rotatable bonds is 5. The summed E-state index contributed by atoms with van der Waals surface area (Å²) in [5, 5.41) is 11.8. The van der Waals surface area contributed by atoms with Crippen molar-refractivity contribution in [2.45, 2.75) is 39.0 Å². The van der Waals surface area contributed by atoms with Crippen molar-refractivity contribution in [2.75, 3.05) is 44.3 Å². The minimum Gasteiger partial charge on any atom is -0.372 e. The van der Waals surface area contributed by atoms with Crippen molar-refractivity contribution in [2.24, 2.45) is 0 Å². The van der Waals surface area contributed by atoms with E-state index in [1.165, 1.54) is 11.0 Å². The highest BCUT2D eigenvalue weighted by atomic mass is 16.5. The van der Waals surface area contributed by atoms with E-state index in [0.29, 0.717) is 13.2 Å². The van der Waals surface area contributed by atoms with Gasteiger partial charge in [0.05, 0.1) is 0 Å². The van der Waals surface area contributed by atoms with Crippen LogP contribution in [-0.4, -0.2) is 60.7 Å². The van der Waals surface area contributed by atoms with Crippen LogP contribution in [0.4, 0.5) is 5.69 Å². The first-order valence-electron chi connectivity index (χ1n) is 11.2. The van der Waals surface area contributed by atoms with E-state index >= 15 is 0 Å². The number of hydrogen-bond donors (Lipinski definition) is 2. The number of carbonyl (C=O) groups is 2. The zero-order chi connectivity index (χ0) is 21.8. The van der Waals surface area contributed by atoms with Gasteiger partial charge in [0.1, 0.15) is 17.9 Å². The number of likely N-dealkylation sites (tertiary alicyclic amines) is 1. The van der Waals surface area contributed by atoms with E-state index in [9.17, 15) is 9.59 Å². The number of ether oxygens (including phenoxy) is 1. The Morgan fingerprint density at radius 2 is 1.97 bits per heavy atom. The Bertz CT molecular complexity index is 972. The van der Waals surface area contributed by atoms with Gasteiger partial charge in [-0.05, 0) is 56.7 Å². The van der Waals surface area contributed by atoms with Gasteiger partial charge in [0.15, 0.2) is 0 Å². The molecular weight excluding hydrogens is 394 g/mol. The molecule has 166 valence electrons. The number of nitrogens with one attached hydrogen (secondary N) is 2. The predicted molar refractivity (Wildman–Crippen MR) is 118 cm³/mol. The van der Waals surface area contributed by atoms with Crippen molar-refractivity contribution in [1.82, 2.24) is 14.8 Å². The lowest BCUT2D eigenvalue weighted by atomic mass is 9.98. The Morgan fingerprint density at radius 3 is 2.71 bits per heavy atom. The number of nitrogens with zero attached hydrogens (tertiary/aromatic N) is 3. The largest absolute Gasteiger partial charge is 0.372 e. The molecule has 1 amide bonds. The number of piperidine rings is 1. The van der Waals surface area contributed by atoms with E-state index in [4.69, 9.17) is 10.1 Å².